The van der Waals surface area contributed by atoms with Crippen molar-refractivity contribution in [1.29, 1.82) is 0 Å². The van der Waals surface area contributed by atoms with Crippen LogP contribution in [0.3, 0.4) is 0 Å². The molecule has 9 nitrogen and oxygen atoms in total. The van der Waals surface area contributed by atoms with Crippen molar-refractivity contribution in [2.24, 2.45) is 11.8 Å². The maximum Gasteiger partial charge on any atom is 0.418 e. The Balaban J connectivity index is 1.36. The number of H-pyrrole nitrogens is 1. The fourth-order valence-electron chi connectivity index (χ4n) is 5.59. The average molecular weight is 699 g/mol. The number of pyridine rings is 1. The van der Waals surface area contributed by atoms with Crippen LogP contribution < -0.4 is 20.7 Å². The van der Waals surface area contributed by atoms with Crippen LogP contribution in [0.25, 0.3) is 11.2 Å². The lowest BCUT2D eigenvalue weighted by Gasteiger charge is -2.33. The number of nitrogens with one attached hydrogen (secondary N) is 4. The molecule has 2 aliphatic carbocycles. The summed E-state index contributed by atoms with van der Waals surface area (Å²) in [6.45, 7) is -1.44. The van der Waals surface area contributed by atoms with Crippen molar-refractivity contribution in [2.45, 2.75) is 75.8 Å². The number of fused-ring (bicyclic) bond motifs is 1. The summed E-state index contributed by atoms with van der Waals surface area (Å²) in [4.78, 5) is 35.9. The summed E-state index contributed by atoms with van der Waals surface area (Å²) in [6.07, 6.45) is -13.9. The molecule has 19 heteroatoms. The number of ether oxygens (including phenoxy) is 1. The Morgan fingerprint density at radius 2 is 1.69 bits per heavy atom. The third-order valence-electron chi connectivity index (χ3n) is 8.12. The molecule has 2 amide bonds. The number of alkyl halides is 10. The first-order valence-electron chi connectivity index (χ1n) is 14.7. The number of aromatic amines is 1. The number of rotatable bonds is 10. The standard InChI is InChI=1S/C29H28F10N6O3/c30-21(31)12-48-25-17(24(47)41-16-4-2-15(3-5-16)28(34,35)36)8-20-22(44-25)45-26(43-20)42-19-7-13(1-6-18(19)29(37,38)39)11-40-23(46)14-9-27(32,33)10-14/h1,6-8,14-16,21H,2-5,9-12H2,(H,40,46)(H,41,47)(H2,42,43,44,45). The van der Waals surface area contributed by atoms with Crippen LogP contribution >= 0.6 is 0 Å². The highest BCUT2D eigenvalue weighted by Crippen LogP contribution is 2.43. The Bertz CT molecular complexity index is 1640. The van der Waals surface area contributed by atoms with E-state index in [1.54, 1.807) is 0 Å². The normalized spacial score (nSPS) is 20.0. The zero-order chi connectivity index (χ0) is 35.0. The molecule has 0 saturated heterocycles. The van der Waals surface area contributed by atoms with E-state index in [0.717, 1.165) is 24.3 Å². The Morgan fingerprint density at radius 3 is 2.29 bits per heavy atom. The van der Waals surface area contributed by atoms with Crippen LogP contribution in [0.1, 0.15) is 60.0 Å². The van der Waals surface area contributed by atoms with Crippen molar-refractivity contribution in [3.05, 3.63) is 41.0 Å². The SMILES string of the molecule is O=C(NC1CCC(C(F)(F)F)CC1)c1cc2nc(Nc3cc(CNC(=O)C4CC(F)(F)C4)ccc3C(F)(F)F)[nH]c2nc1OCC(F)F. The van der Waals surface area contributed by atoms with Crippen LogP contribution in [0, 0.1) is 11.8 Å². The van der Waals surface area contributed by atoms with Crippen molar-refractivity contribution in [3.63, 3.8) is 0 Å². The third kappa shape index (κ3) is 8.39. The van der Waals surface area contributed by atoms with Crippen LogP contribution in [0.2, 0.25) is 0 Å². The molecule has 3 aromatic rings. The summed E-state index contributed by atoms with van der Waals surface area (Å²) in [5.41, 5.74) is -2.11. The average Bonchev–Trinajstić information content (AvgIpc) is 3.37. The molecule has 0 unspecified atom stereocenters. The van der Waals surface area contributed by atoms with Crippen LogP contribution in [0.5, 0.6) is 5.88 Å². The zero-order valence-electron chi connectivity index (χ0n) is 24.7. The molecule has 0 aliphatic heterocycles. The van der Waals surface area contributed by atoms with Crippen LogP contribution in [-0.2, 0) is 17.5 Å². The minimum atomic E-state index is -4.85. The molecule has 0 bridgehead atoms. The molecule has 0 spiro atoms. The zero-order valence-corrected chi connectivity index (χ0v) is 24.7. The topological polar surface area (TPSA) is 121 Å². The van der Waals surface area contributed by atoms with Crippen molar-refractivity contribution < 1.29 is 58.2 Å². The van der Waals surface area contributed by atoms with Crippen molar-refractivity contribution in [2.75, 3.05) is 11.9 Å². The number of halogens is 10. The molecule has 2 heterocycles. The maximum absolute atomic E-state index is 13.8. The quantitative estimate of drug-likeness (QED) is 0.172. The van der Waals surface area contributed by atoms with Gasteiger partial charge in [0.15, 0.2) is 12.3 Å². The smallest absolute Gasteiger partial charge is 0.418 e. The Kier molecular flexibility index (Phi) is 9.69. The summed E-state index contributed by atoms with van der Waals surface area (Å²) < 4.78 is 138. The molecule has 2 saturated carbocycles. The number of carbonyl (C=O) groups excluding carboxylic acids is 2. The summed E-state index contributed by atoms with van der Waals surface area (Å²) in [5, 5.41) is 7.44. The second-order valence-corrected chi connectivity index (χ2v) is 11.7. The fraction of sp³-hybridized carbons (Fsp3) is 0.517. The first-order valence-corrected chi connectivity index (χ1v) is 14.7. The van der Waals surface area contributed by atoms with Gasteiger partial charge >= 0.3 is 12.4 Å². The molecule has 262 valence electrons. The van der Waals surface area contributed by atoms with E-state index >= 15 is 0 Å². The fourth-order valence-corrected chi connectivity index (χ4v) is 5.59. The lowest BCUT2D eigenvalue weighted by molar-refractivity contribution is -0.182. The predicted molar refractivity (Wildman–Crippen MR) is 149 cm³/mol. The van der Waals surface area contributed by atoms with E-state index < -0.39 is 91.0 Å². The number of hydrogen-bond donors (Lipinski definition) is 4. The maximum atomic E-state index is 13.8. The van der Waals surface area contributed by atoms with E-state index in [1.165, 1.54) is 0 Å². The summed E-state index contributed by atoms with van der Waals surface area (Å²) in [7, 11) is 0. The number of carbonyl (C=O) groups is 2. The van der Waals surface area contributed by atoms with Gasteiger partial charge in [0.05, 0.1) is 17.2 Å². The second kappa shape index (κ2) is 13.3. The van der Waals surface area contributed by atoms with Gasteiger partial charge in [-0.25, -0.2) is 22.5 Å². The summed E-state index contributed by atoms with van der Waals surface area (Å²) >= 11 is 0. The lowest BCUT2D eigenvalue weighted by Crippen LogP contribution is -2.44. The van der Waals surface area contributed by atoms with E-state index in [-0.39, 0.29) is 60.5 Å². The second-order valence-electron chi connectivity index (χ2n) is 11.7. The summed E-state index contributed by atoms with van der Waals surface area (Å²) in [6, 6.07) is 3.32. The minimum Gasteiger partial charge on any atom is -0.471 e. The Labute approximate surface area is 265 Å². The molecule has 4 N–H and O–H groups in total. The van der Waals surface area contributed by atoms with Crippen molar-refractivity contribution in [1.82, 2.24) is 25.6 Å². The number of anilines is 2. The molecule has 0 radical (unpaired) electrons. The van der Waals surface area contributed by atoms with Gasteiger partial charge in [-0.1, -0.05) is 6.07 Å². The number of benzene rings is 1. The molecule has 2 aliphatic rings. The highest BCUT2D eigenvalue weighted by Gasteiger charge is 2.48. The van der Waals surface area contributed by atoms with Gasteiger partial charge in [-0.05, 0) is 49.4 Å². The molecule has 5 rings (SSSR count). The van der Waals surface area contributed by atoms with Gasteiger partial charge in [0.2, 0.25) is 23.7 Å². The van der Waals surface area contributed by atoms with Gasteiger partial charge in [0, 0.05) is 31.3 Å². The van der Waals surface area contributed by atoms with E-state index in [9.17, 15) is 53.5 Å². The largest absolute Gasteiger partial charge is 0.471 e. The van der Waals surface area contributed by atoms with Crippen LogP contribution in [-0.4, -0.2) is 57.9 Å². The van der Waals surface area contributed by atoms with Gasteiger partial charge in [-0.15, -0.1) is 0 Å². The number of imidazole rings is 1. The van der Waals surface area contributed by atoms with Crippen molar-refractivity contribution in [3.8, 4) is 5.88 Å². The highest BCUT2D eigenvalue weighted by molar-refractivity contribution is 5.99. The Morgan fingerprint density at radius 1 is 1.00 bits per heavy atom. The molecular weight excluding hydrogens is 670 g/mol. The van der Waals surface area contributed by atoms with Gasteiger partial charge in [-0.3, -0.25) is 9.59 Å². The van der Waals surface area contributed by atoms with Gasteiger partial charge < -0.3 is 25.7 Å². The first kappa shape index (κ1) is 35.0. The number of amides is 2. The van der Waals surface area contributed by atoms with E-state index in [0.29, 0.717) is 0 Å². The first-order chi connectivity index (χ1) is 22.4. The summed E-state index contributed by atoms with van der Waals surface area (Å²) in [5.74, 6) is -7.81. The number of aromatic nitrogens is 3. The molecule has 2 fully saturated rings. The van der Waals surface area contributed by atoms with Crippen LogP contribution in [0.4, 0.5) is 55.5 Å². The van der Waals surface area contributed by atoms with Crippen LogP contribution in [0.15, 0.2) is 24.3 Å². The molecule has 2 aromatic heterocycles. The predicted octanol–water partition coefficient (Wildman–Crippen LogP) is 6.88. The van der Waals surface area contributed by atoms with E-state index in [2.05, 4.69) is 30.9 Å². The van der Waals surface area contributed by atoms with E-state index in [1.807, 2.05) is 0 Å². The third-order valence-corrected chi connectivity index (χ3v) is 8.12. The Hall–Kier alpha value is -4.32. The lowest BCUT2D eigenvalue weighted by atomic mass is 9.81. The van der Waals surface area contributed by atoms with Gasteiger partial charge in [0.1, 0.15) is 11.1 Å². The number of nitrogens with zero attached hydrogens (tertiary/aromatic N) is 2. The highest BCUT2D eigenvalue weighted by atomic mass is 19.4. The molecule has 1 aromatic carbocycles. The van der Waals surface area contributed by atoms with E-state index in [4.69, 9.17) is 4.74 Å². The van der Waals surface area contributed by atoms with Crippen molar-refractivity contribution >= 4 is 34.6 Å². The minimum absolute atomic E-state index is 0.0100. The monoisotopic (exact) mass is 698 g/mol. The van der Waals surface area contributed by atoms with Gasteiger partial charge in [-0.2, -0.15) is 31.3 Å². The molecular formula is C29H28F10N6O3. The molecule has 0 atom stereocenters. The van der Waals surface area contributed by atoms with Gasteiger partial charge in [0.25, 0.3) is 12.3 Å². The molecule has 48 heavy (non-hydrogen) atoms. The number of hydrogen-bond acceptors (Lipinski definition) is 6.